The van der Waals surface area contributed by atoms with Gasteiger partial charge in [-0.15, -0.1) is 0 Å². The van der Waals surface area contributed by atoms with Crippen molar-refractivity contribution in [3.63, 3.8) is 0 Å². The van der Waals surface area contributed by atoms with Crippen LogP contribution in [0.1, 0.15) is 44.6 Å². The lowest BCUT2D eigenvalue weighted by Gasteiger charge is -2.29. The van der Waals surface area contributed by atoms with E-state index in [0.717, 1.165) is 12.8 Å². The zero-order valence-electron chi connectivity index (χ0n) is 15.2. The molecular formula is C19H24FNO5S. The molecule has 2 fully saturated rings. The van der Waals surface area contributed by atoms with Gasteiger partial charge in [0.25, 0.3) is 5.91 Å². The van der Waals surface area contributed by atoms with Crippen LogP contribution in [0.4, 0.5) is 4.39 Å². The van der Waals surface area contributed by atoms with Gasteiger partial charge in [0.15, 0.2) is 15.9 Å². The number of sulfone groups is 1. The molecule has 3 rings (SSSR count). The molecule has 1 aromatic rings. The standard InChI is InChI=1S/C19H24FNO5S/c1-13(17(22)21-14-8-11-27(24,25)12-14)26-18(23)19(9-4-5-10-19)15-6-2-3-7-16(15)20/h2-3,6-7,13-14H,4-5,8-12H2,1H3,(H,21,22)/t13-,14+/m0/s1. The molecule has 1 saturated carbocycles. The van der Waals surface area contributed by atoms with Crippen molar-refractivity contribution in [2.24, 2.45) is 0 Å². The molecule has 1 saturated heterocycles. The van der Waals surface area contributed by atoms with Gasteiger partial charge in [-0.1, -0.05) is 31.0 Å². The van der Waals surface area contributed by atoms with Gasteiger partial charge in [-0.2, -0.15) is 0 Å². The zero-order chi connectivity index (χ0) is 19.7. The number of esters is 1. The van der Waals surface area contributed by atoms with Crippen LogP contribution in [0.5, 0.6) is 0 Å². The predicted octanol–water partition coefficient (Wildman–Crippen LogP) is 1.87. The molecule has 0 unspecified atom stereocenters. The first kappa shape index (κ1) is 19.8. The summed E-state index contributed by atoms with van der Waals surface area (Å²) in [6.45, 7) is 1.45. The second-order valence-electron chi connectivity index (χ2n) is 7.43. The molecule has 6 nitrogen and oxygen atoms in total. The number of rotatable bonds is 5. The molecule has 1 aliphatic heterocycles. The second-order valence-corrected chi connectivity index (χ2v) is 9.65. The lowest BCUT2D eigenvalue weighted by Crippen LogP contribution is -2.45. The molecule has 0 spiro atoms. The number of nitrogens with one attached hydrogen (secondary N) is 1. The van der Waals surface area contributed by atoms with Crippen LogP contribution in [0, 0.1) is 5.82 Å². The molecule has 0 bridgehead atoms. The lowest BCUT2D eigenvalue weighted by molar-refractivity contribution is -0.160. The average molecular weight is 397 g/mol. The molecule has 0 aromatic heterocycles. The maximum absolute atomic E-state index is 14.3. The van der Waals surface area contributed by atoms with Gasteiger partial charge in [0.05, 0.1) is 16.9 Å². The van der Waals surface area contributed by atoms with Crippen LogP contribution >= 0.6 is 0 Å². The molecule has 27 heavy (non-hydrogen) atoms. The summed E-state index contributed by atoms with van der Waals surface area (Å²) in [5, 5.41) is 2.62. The van der Waals surface area contributed by atoms with E-state index >= 15 is 0 Å². The molecule has 2 aliphatic rings. The molecule has 8 heteroatoms. The van der Waals surface area contributed by atoms with Crippen LogP contribution < -0.4 is 5.32 Å². The Morgan fingerprint density at radius 2 is 1.93 bits per heavy atom. The topological polar surface area (TPSA) is 89.5 Å². The molecule has 1 N–H and O–H groups in total. The smallest absolute Gasteiger partial charge is 0.317 e. The largest absolute Gasteiger partial charge is 0.452 e. The number of hydrogen-bond donors (Lipinski definition) is 1. The van der Waals surface area contributed by atoms with E-state index < -0.39 is 45.1 Å². The minimum absolute atomic E-state index is 0.0442. The molecule has 1 amide bonds. The third-order valence-electron chi connectivity index (χ3n) is 5.47. The first-order valence-electron chi connectivity index (χ1n) is 9.20. The molecule has 148 valence electrons. The zero-order valence-corrected chi connectivity index (χ0v) is 16.1. The molecule has 1 aliphatic carbocycles. The van der Waals surface area contributed by atoms with Gasteiger partial charge in [-0.25, -0.2) is 12.8 Å². The summed E-state index contributed by atoms with van der Waals surface area (Å²) in [6.07, 6.45) is 1.79. The van der Waals surface area contributed by atoms with Crippen LogP contribution in [-0.4, -0.2) is 43.9 Å². The third kappa shape index (κ3) is 4.15. The summed E-state index contributed by atoms with van der Waals surface area (Å²) in [6, 6.07) is 5.70. The number of amides is 1. The number of carbonyl (C=O) groups excluding carboxylic acids is 2. The maximum atomic E-state index is 14.3. The van der Waals surface area contributed by atoms with E-state index in [2.05, 4.69) is 5.32 Å². The van der Waals surface area contributed by atoms with E-state index in [9.17, 15) is 22.4 Å². The Balaban J connectivity index is 1.69. The van der Waals surface area contributed by atoms with E-state index in [1.807, 2.05) is 0 Å². The van der Waals surface area contributed by atoms with Gasteiger partial charge in [-0.05, 0) is 32.3 Å². The second kappa shape index (κ2) is 7.58. The minimum atomic E-state index is -3.12. The van der Waals surface area contributed by atoms with Gasteiger partial charge >= 0.3 is 5.97 Å². The number of hydrogen-bond acceptors (Lipinski definition) is 5. The summed E-state index contributed by atoms with van der Waals surface area (Å²) in [5.41, 5.74) is -0.765. The van der Waals surface area contributed by atoms with Crippen molar-refractivity contribution in [2.75, 3.05) is 11.5 Å². The van der Waals surface area contributed by atoms with Crippen LogP contribution in [0.15, 0.2) is 24.3 Å². The Kier molecular flexibility index (Phi) is 5.55. The minimum Gasteiger partial charge on any atom is -0.452 e. The first-order chi connectivity index (χ1) is 12.7. The number of benzene rings is 1. The Morgan fingerprint density at radius 3 is 2.52 bits per heavy atom. The van der Waals surface area contributed by atoms with Crippen molar-refractivity contribution in [2.45, 2.75) is 56.6 Å². The first-order valence-corrected chi connectivity index (χ1v) is 11.0. The predicted molar refractivity (Wildman–Crippen MR) is 97.3 cm³/mol. The summed E-state index contributed by atoms with van der Waals surface area (Å²) >= 11 is 0. The normalized spacial score (nSPS) is 24.3. The summed E-state index contributed by atoms with van der Waals surface area (Å²) < 4.78 is 42.8. The van der Waals surface area contributed by atoms with Gasteiger partial charge < -0.3 is 10.1 Å². The van der Waals surface area contributed by atoms with E-state index in [1.165, 1.54) is 13.0 Å². The van der Waals surface area contributed by atoms with Crippen molar-refractivity contribution in [1.82, 2.24) is 5.32 Å². The quantitative estimate of drug-likeness (QED) is 0.766. The van der Waals surface area contributed by atoms with E-state index in [1.54, 1.807) is 18.2 Å². The van der Waals surface area contributed by atoms with Gasteiger partial charge in [0.1, 0.15) is 5.82 Å². The maximum Gasteiger partial charge on any atom is 0.317 e. The third-order valence-corrected chi connectivity index (χ3v) is 7.24. The Morgan fingerprint density at radius 1 is 1.26 bits per heavy atom. The highest BCUT2D eigenvalue weighted by molar-refractivity contribution is 7.91. The fraction of sp³-hybridized carbons (Fsp3) is 0.579. The molecule has 1 heterocycles. The monoisotopic (exact) mass is 397 g/mol. The van der Waals surface area contributed by atoms with Crippen molar-refractivity contribution < 1.29 is 27.1 Å². The highest BCUT2D eigenvalue weighted by atomic mass is 32.2. The number of carbonyl (C=O) groups is 2. The average Bonchev–Trinajstić information content (AvgIpc) is 3.22. The van der Waals surface area contributed by atoms with Crippen LogP contribution in [-0.2, 0) is 29.6 Å². The van der Waals surface area contributed by atoms with E-state index in [4.69, 9.17) is 4.74 Å². The van der Waals surface area contributed by atoms with Gasteiger partial charge in [0, 0.05) is 11.6 Å². The van der Waals surface area contributed by atoms with Crippen molar-refractivity contribution >= 4 is 21.7 Å². The van der Waals surface area contributed by atoms with Crippen LogP contribution in [0.25, 0.3) is 0 Å². The van der Waals surface area contributed by atoms with Crippen molar-refractivity contribution in [1.29, 1.82) is 0 Å². The van der Waals surface area contributed by atoms with Crippen molar-refractivity contribution in [3.8, 4) is 0 Å². The summed E-state index contributed by atoms with van der Waals surface area (Å²) in [4.78, 5) is 25.2. The Labute approximate surface area is 158 Å². The fourth-order valence-corrected chi connectivity index (χ4v) is 5.64. The molecular weight excluding hydrogens is 373 g/mol. The van der Waals surface area contributed by atoms with E-state index in [0.29, 0.717) is 24.8 Å². The SMILES string of the molecule is C[C@H](OC(=O)C1(c2ccccc2F)CCCC1)C(=O)N[C@@H]1CCS(=O)(=O)C1. The van der Waals surface area contributed by atoms with Gasteiger partial charge in [0.2, 0.25) is 0 Å². The Hall–Kier alpha value is -1.96. The van der Waals surface area contributed by atoms with Crippen LogP contribution in [0.2, 0.25) is 0 Å². The summed E-state index contributed by atoms with van der Waals surface area (Å²) in [7, 11) is -3.12. The van der Waals surface area contributed by atoms with Crippen molar-refractivity contribution in [3.05, 3.63) is 35.6 Å². The highest BCUT2D eigenvalue weighted by Gasteiger charge is 2.46. The Bertz CT molecular complexity index is 832. The number of ether oxygens (including phenoxy) is 1. The highest BCUT2D eigenvalue weighted by Crippen LogP contribution is 2.43. The number of halogens is 1. The molecule has 1 aromatic carbocycles. The van der Waals surface area contributed by atoms with Gasteiger partial charge in [-0.3, -0.25) is 9.59 Å². The van der Waals surface area contributed by atoms with Crippen LogP contribution in [0.3, 0.4) is 0 Å². The fourth-order valence-electron chi connectivity index (χ4n) is 3.97. The van der Waals surface area contributed by atoms with E-state index in [-0.39, 0.29) is 11.5 Å². The lowest BCUT2D eigenvalue weighted by atomic mass is 9.78. The molecule has 2 atom stereocenters. The molecule has 0 radical (unpaired) electrons. The summed E-state index contributed by atoms with van der Waals surface area (Å²) in [5.74, 6) is -1.65.